The molecular weight excluding hydrogens is 232 g/mol. The average molecular weight is 244 g/mol. The minimum absolute atomic E-state index is 0.0970. The lowest BCUT2D eigenvalue weighted by Gasteiger charge is -1.96. The van der Waals surface area contributed by atoms with Gasteiger partial charge in [-0.2, -0.15) is 0 Å². The minimum Gasteiger partial charge on any atom is -0.481 e. The highest BCUT2D eigenvalue weighted by molar-refractivity contribution is 5.92. The van der Waals surface area contributed by atoms with E-state index >= 15 is 0 Å². The maximum atomic E-state index is 10.3. The molecule has 1 N–H and O–H groups in total. The summed E-state index contributed by atoms with van der Waals surface area (Å²) in [6.07, 6.45) is 1.35. The molecule has 7 nitrogen and oxygen atoms in total. The molecule has 1 saturated heterocycles. The SMILES string of the molecule is C=CC(=O)OCCC(=O)O.O=C1CCC(=O)O1. The highest BCUT2D eigenvalue weighted by Crippen LogP contribution is 2.03. The summed E-state index contributed by atoms with van der Waals surface area (Å²) in [4.78, 5) is 40.1. The average Bonchev–Trinajstić information content (AvgIpc) is 2.62. The van der Waals surface area contributed by atoms with Gasteiger partial charge in [0, 0.05) is 6.08 Å². The number of ether oxygens (including phenoxy) is 2. The fourth-order valence-corrected chi connectivity index (χ4v) is 0.731. The van der Waals surface area contributed by atoms with E-state index in [4.69, 9.17) is 5.11 Å². The molecule has 94 valence electrons. The molecule has 1 heterocycles. The Bertz CT molecular complexity index is 318. The van der Waals surface area contributed by atoms with Crippen molar-refractivity contribution in [1.29, 1.82) is 0 Å². The van der Waals surface area contributed by atoms with Gasteiger partial charge in [0.2, 0.25) is 0 Å². The molecule has 0 atom stereocenters. The number of carboxylic acid groups (broad SMARTS) is 1. The van der Waals surface area contributed by atoms with Crippen LogP contribution in [0.15, 0.2) is 12.7 Å². The third kappa shape index (κ3) is 8.79. The van der Waals surface area contributed by atoms with Gasteiger partial charge < -0.3 is 14.6 Å². The van der Waals surface area contributed by atoms with Crippen LogP contribution in [0.4, 0.5) is 0 Å². The summed E-state index contributed by atoms with van der Waals surface area (Å²) in [5, 5.41) is 8.08. The van der Waals surface area contributed by atoms with Crippen molar-refractivity contribution in [2.75, 3.05) is 6.61 Å². The predicted octanol–water partition coefficient (Wildman–Crippen LogP) is 0.0403. The highest BCUT2D eigenvalue weighted by Gasteiger charge is 2.19. The van der Waals surface area contributed by atoms with Gasteiger partial charge in [-0.05, 0) is 0 Å². The molecule has 0 radical (unpaired) electrons. The van der Waals surface area contributed by atoms with E-state index in [-0.39, 0.29) is 25.9 Å². The van der Waals surface area contributed by atoms with Crippen molar-refractivity contribution in [3.63, 3.8) is 0 Å². The molecule has 0 aliphatic carbocycles. The Morgan fingerprint density at radius 3 is 2.18 bits per heavy atom. The van der Waals surface area contributed by atoms with Gasteiger partial charge in [0.15, 0.2) is 0 Å². The van der Waals surface area contributed by atoms with E-state index in [1.807, 2.05) is 0 Å². The molecule has 0 unspecified atom stereocenters. The summed E-state index contributed by atoms with van der Waals surface area (Å²) >= 11 is 0. The molecule has 0 saturated carbocycles. The summed E-state index contributed by atoms with van der Waals surface area (Å²) < 4.78 is 8.45. The van der Waals surface area contributed by atoms with Crippen molar-refractivity contribution in [1.82, 2.24) is 0 Å². The molecule has 0 aromatic carbocycles. The second kappa shape index (κ2) is 8.03. The van der Waals surface area contributed by atoms with Crippen LogP contribution in [0.25, 0.3) is 0 Å². The molecule has 1 aliphatic heterocycles. The zero-order valence-corrected chi connectivity index (χ0v) is 9.01. The van der Waals surface area contributed by atoms with Crippen LogP contribution in [0, 0.1) is 0 Å². The van der Waals surface area contributed by atoms with Gasteiger partial charge >= 0.3 is 23.9 Å². The van der Waals surface area contributed by atoms with E-state index in [0.717, 1.165) is 6.08 Å². The Labute approximate surface area is 97.0 Å². The second-order valence-electron chi connectivity index (χ2n) is 2.86. The van der Waals surface area contributed by atoms with Crippen LogP contribution in [-0.4, -0.2) is 35.6 Å². The number of hydrogen-bond donors (Lipinski definition) is 1. The molecule has 0 spiro atoms. The first-order chi connectivity index (χ1) is 7.95. The standard InChI is InChI=1S/C6H8O4.C4H4O3/c1-2-6(9)10-4-3-5(7)8;5-3-1-2-4(6)7-3/h2H,1,3-4H2,(H,7,8);1-2H2. The van der Waals surface area contributed by atoms with Crippen LogP contribution in [0.2, 0.25) is 0 Å². The summed E-state index contributed by atoms with van der Waals surface area (Å²) in [5.41, 5.74) is 0. The number of carbonyl (C=O) groups is 4. The van der Waals surface area contributed by atoms with Gasteiger partial charge in [0.25, 0.3) is 0 Å². The Morgan fingerprint density at radius 2 is 1.88 bits per heavy atom. The fourth-order valence-electron chi connectivity index (χ4n) is 0.731. The van der Waals surface area contributed by atoms with E-state index in [1.54, 1.807) is 0 Å². The molecule has 0 aromatic rings. The fraction of sp³-hybridized carbons (Fsp3) is 0.400. The minimum atomic E-state index is -0.989. The lowest BCUT2D eigenvalue weighted by Crippen LogP contribution is -2.06. The Kier molecular flexibility index (Phi) is 7.00. The van der Waals surface area contributed by atoms with E-state index in [2.05, 4.69) is 16.1 Å². The third-order valence-corrected chi connectivity index (χ3v) is 1.49. The van der Waals surface area contributed by atoms with Crippen LogP contribution in [0.5, 0.6) is 0 Å². The first-order valence-electron chi connectivity index (χ1n) is 4.70. The van der Waals surface area contributed by atoms with Crippen molar-refractivity contribution < 1.29 is 33.8 Å². The Balaban J connectivity index is 0.000000318. The number of carboxylic acids is 1. The van der Waals surface area contributed by atoms with Gasteiger partial charge in [0.1, 0.15) is 6.61 Å². The van der Waals surface area contributed by atoms with E-state index in [9.17, 15) is 19.2 Å². The van der Waals surface area contributed by atoms with Crippen molar-refractivity contribution in [2.24, 2.45) is 0 Å². The Morgan fingerprint density at radius 1 is 1.35 bits per heavy atom. The normalized spacial score (nSPS) is 13.2. The van der Waals surface area contributed by atoms with Gasteiger partial charge in [-0.25, -0.2) is 4.79 Å². The predicted molar refractivity (Wildman–Crippen MR) is 53.7 cm³/mol. The highest BCUT2D eigenvalue weighted by atomic mass is 16.6. The summed E-state index contributed by atoms with van der Waals surface area (Å²) in [6.45, 7) is 3.04. The zero-order chi connectivity index (χ0) is 13.3. The smallest absolute Gasteiger partial charge is 0.330 e. The second-order valence-corrected chi connectivity index (χ2v) is 2.86. The number of rotatable bonds is 4. The van der Waals surface area contributed by atoms with Crippen LogP contribution >= 0.6 is 0 Å². The maximum Gasteiger partial charge on any atom is 0.330 e. The largest absolute Gasteiger partial charge is 0.481 e. The zero-order valence-electron chi connectivity index (χ0n) is 9.01. The number of hydrogen-bond acceptors (Lipinski definition) is 6. The first kappa shape index (κ1) is 14.8. The van der Waals surface area contributed by atoms with Crippen molar-refractivity contribution >= 4 is 23.9 Å². The van der Waals surface area contributed by atoms with Crippen molar-refractivity contribution in [3.8, 4) is 0 Å². The van der Waals surface area contributed by atoms with Crippen LogP contribution in [0.3, 0.4) is 0 Å². The number of aliphatic carboxylic acids is 1. The summed E-state index contributed by atoms with van der Waals surface area (Å²) in [5.74, 6) is -2.38. The molecule has 0 amide bonds. The van der Waals surface area contributed by atoms with Crippen molar-refractivity contribution in [2.45, 2.75) is 19.3 Å². The van der Waals surface area contributed by atoms with E-state index in [1.165, 1.54) is 0 Å². The monoisotopic (exact) mass is 244 g/mol. The number of esters is 3. The Hall–Kier alpha value is -2.18. The maximum absolute atomic E-state index is 10.3. The van der Waals surface area contributed by atoms with Crippen LogP contribution in [0.1, 0.15) is 19.3 Å². The lowest BCUT2D eigenvalue weighted by atomic mass is 10.4. The van der Waals surface area contributed by atoms with E-state index in [0.29, 0.717) is 0 Å². The molecular formula is C10H12O7. The quantitative estimate of drug-likeness (QED) is 0.422. The van der Waals surface area contributed by atoms with Crippen LogP contribution < -0.4 is 0 Å². The molecule has 0 bridgehead atoms. The van der Waals surface area contributed by atoms with Gasteiger partial charge in [-0.1, -0.05) is 6.58 Å². The summed E-state index contributed by atoms with van der Waals surface area (Å²) in [7, 11) is 0. The molecule has 17 heavy (non-hydrogen) atoms. The number of carbonyl (C=O) groups excluding carboxylic acids is 3. The molecule has 1 rings (SSSR count). The summed E-state index contributed by atoms with van der Waals surface area (Å²) in [6, 6.07) is 0. The third-order valence-electron chi connectivity index (χ3n) is 1.49. The molecule has 0 aromatic heterocycles. The topological polar surface area (TPSA) is 107 Å². The lowest BCUT2D eigenvalue weighted by molar-refractivity contribution is -0.152. The van der Waals surface area contributed by atoms with Gasteiger partial charge in [0.05, 0.1) is 19.3 Å². The van der Waals surface area contributed by atoms with E-state index < -0.39 is 23.9 Å². The van der Waals surface area contributed by atoms with Crippen molar-refractivity contribution in [3.05, 3.63) is 12.7 Å². The first-order valence-corrected chi connectivity index (χ1v) is 4.70. The number of cyclic esters (lactones) is 2. The van der Waals surface area contributed by atoms with Gasteiger partial charge in [-0.3, -0.25) is 14.4 Å². The van der Waals surface area contributed by atoms with Gasteiger partial charge in [-0.15, -0.1) is 0 Å². The molecule has 1 fully saturated rings. The molecule has 7 heteroatoms. The molecule has 1 aliphatic rings. The van der Waals surface area contributed by atoms with Crippen LogP contribution in [-0.2, 0) is 28.7 Å².